The highest BCUT2D eigenvalue weighted by Crippen LogP contribution is 2.16. The van der Waals surface area contributed by atoms with Gasteiger partial charge in [-0.1, -0.05) is 12.1 Å². The van der Waals surface area contributed by atoms with Crippen LogP contribution in [-0.2, 0) is 16.6 Å². The van der Waals surface area contributed by atoms with E-state index in [0.717, 1.165) is 11.5 Å². The van der Waals surface area contributed by atoms with E-state index in [2.05, 4.69) is 14.7 Å². The van der Waals surface area contributed by atoms with Crippen LogP contribution in [0.4, 0.5) is 0 Å². The molecule has 0 bridgehead atoms. The van der Waals surface area contributed by atoms with Gasteiger partial charge in [0.2, 0.25) is 10.0 Å². The van der Waals surface area contributed by atoms with Crippen LogP contribution >= 0.6 is 11.3 Å². The summed E-state index contributed by atoms with van der Waals surface area (Å²) < 4.78 is 28.9. The second kappa shape index (κ2) is 6.39. The summed E-state index contributed by atoms with van der Waals surface area (Å²) in [6.07, 6.45) is 5.19. The second-order valence-corrected chi connectivity index (χ2v) is 7.43. The van der Waals surface area contributed by atoms with Gasteiger partial charge in [0.05, 0.1) is 0 Å². The van der Waals surface area contributed by atoms with Crippen molar-refractivity contribution in [2.75, 3.05) is 6.54 Å². The summed E-state index contributed by atoms with van der Waals surface area (Å²) >= 11 is 1.20. The maximum Gasteiger partial charge on any atom is 0.250 e. The zero-order chi connectivity index (χ0) is 15.4. The summed E-state index contributed by atoms with van der Waals surface area (Å²) in [4.78, 5) is 8.54. The molecule has 0 unspecified atom stereocenters. The standard InChI is InChI=1S/C14H14N4O2S2/c19-22(20,13-5-3-11-21-13)17-8-10-18-9-7-16-14(18)12-4-1-2-6-15-12/h1-7,9,11,17H,8,10H2. The highest BCUT2D eigenvalue weighted by Gasteiger charge is 2.14. The van der Waals surface area contributed by atoms with Crippen molar-refractivity contribution in [3.8, 4) is 11.5 Å². The molecule has 0 fully saturated rings. The van der Waals surface area contributed by atoms with Crippen LogP contribution < -0.4 is 4.72 Å². The molecule has 1 N–H and O–H groups in total. The van der Waals surface area contributed by atoms with Crippen LogP contribution in [0.2, 0.25) is 0 Å². The smallest absolute Gasteiger partial charge is 0.250 e. The molecule has 0 aliphatic heterocycles. The molecule has 22 heavy (non-hydrogen) atoms. The molecule has 0 aliphatic rings. The second-order valence-electron chi connectivity index (χ2n) is 4.49. The summed E-state index contributed by atoms with van der Waals surface area (Å²) in [6.45, 7) is 0.771. The lowest BCUT2D eigenvalue weighted by atomic mass is 10.3. The van der Waals surface area contributed by atoms with E-state index in [0.29, 0.717) is 10.8 Å². The third kappa shape index (κ3) is 3.24. The van der Waals surface area contributed by atoms with Gasteiger partial charge in [-0.05, 0) is 23.6 Å². The third-order valence-corrected chi connectivity index (χ3v) is 5.87. The molecule has 3 heterocycles. The van der Waals surface area contributed by atoms with E-state index in [9.17, 15) is 8.42 Å². The highest BCUT2D eigenvalue weighted by atomic mass is 32.2. The Morgan fingerprint density at radius 2 is 2.05 bits per heavy atom. The van der Waals surface area contributed by atoms with E-state index in [1.807, 2.05) is 29.0 Å². The monoisotopic (exact) mass is 334 g/mol. The minimum absolute atomic E-state index is 0.288. The lowest BCUT2D eigenvalue weighted by Crippen LogP contribution is -2.26. The van der Waals surface area contributed by atoms with Gasteiger partial charge >= 0.3 is 0 Å². The van der Waals surface area contributed by atoms with Crippen LogP contribution in [-0.4, -0.2) is 29.5 Å². The number of sulfonamides is 1. The molecule has 0 amide bonds. The molecule has 114 valence electrons. The summed E-state index contributed by atoms with van der Waals surface area (Å²) in [5, 5.41) is 1.74. The SMILES string of the molecule is O=S(=O)(NCCn1ccnc1-c1ccccn1)c1cccs1. The molecule has 0 spiro atoms. The van der Waals surface area contributed by atoms with E-state index in [-0.39, 0.29) is 6.54 Å². The maximum absolute atomic E-state index is 12.0. The van der Waals surface area contributed by atoms with Crippen LogP contribution in [0.25, 0.3) is 11.5 Å². The van der Waals surface area contributed by atoms with Crippen molar-refractivity contribution in [1.29, 1.82) is 0 Å². The van der Waals surface area contributed by atoms with Crippen molar-refractivity contribution < 1.29 is 8.42 Å². The lowest BCUT2D eigenvalue weighted by Gasteiger charge is -2.08. The van der Waals surface area contributed by atoms with Gasteiger partial charge in [-0.25, -0.2) is 18.1 Å². The number of hydrogen-bond acceptors (Lipinski definition) is 5. The Bertz CT molecular complexity index is 827. The quantitative estimate of drug-likeness (QED) is 0.748. The van der Waals surface area contributed by atoms with Crippen molar-refractivity contribution in [3.63, 3.8) is 0 Å². The van der Waals surface area contributed by atoms with E-state index < -0.39 is 10.0 Å². The zero-order valence-corrected chi connectivity index (χ0v) is 13.2. The van der Waals surface area contributed by atoms with E-state index >= 15 is 0 Å². The van der Waals surface area contributed by atoms with Crippen LogP contribution in [0.15, 0.2) is 58.5 Å². The number of nitrogens with zero attached hydrogens (tertiary/aromatic N) is 3. The summed E-state index contributed by atoms with van der Waals surface area (Å²) in [5.41, 5.74) is 0.758. The predicted molar refractivity (Wildman–Crippen MR) is 85.0 cm³/mol. The summed E-state index contributed by atoms with van der Waals surface area (Å²) in [6, 6.07) is 8.90. The molecule has 6 nitrogen and oxygen atoms in total. The largest absolute Gasteiger partial charge is 0.328 e. The van der Waals surface area contributed by atoms with Crippen LogP contribution in [0.3, 0.4) is 0 Å². The van der Waals surface area contributed by atoms with Gasteiger partial charge in [-0.3, -0.25) is 4.98 Å². The van der Waals surface area contributed by atoms with Gasteiger partial charge in [0.25, 0.3) is 0 Å². The Morgan fingerprint density at radius 1 is 1.14 bits per heavy atom. The van der Waals surface area contributed by atoms with Crippen molar-refractivity contribution in [1.82, 2.24) is 19.3 Å². The number of aromatic nitrogens is 3. The maximum atomic E-state index is 12.0. The molecule has 3 aromatic heterocycles. The molecule has 0 saturated heterocycles. The molecule has 8 heteroatoms. The van der Waals surface area contributed by atoms with Gasteiger partial charge in [0, 0.05) is 31.7 Å². The summed E-state index contributed by atoms with van der Waals surface area (Å²) in [5.74, 6) is 0.718. The minimum atomic E-state index is -3.43. The molecular formula is C14H14N4O2S2. The number of imidazole rings is 1. The fraction of sp³-hybridized carbons (Fsp3) is 0.143. The average Bonchev–Trinajstić information content (AvgIpc) is 3.20. The average molecular weight is 334 g/mol. The number of hydrogen-bond donors (Lipinski definition) is 1. The molecule has 0 atom stereocenters. The van der Waals surface area contributed by atoms with Crippen LogP contribution in [0.5, 0.6) is 0 Å². The molecule has 0 aromatic carbocycles. The topological polar surface area (TPSA) is 76.9 Å². The Labute approximate surface area is 132 Å². The number of rotatable bonds is 6. The van der Waals surface area contributed by atoms with Gasteiger partial charge in [0.15, 0.2) is 5.82 Å². The predicted octanol–water partition coefficient (Wildman–Crippen LogP) is 1.99. The first-order valence-electron chi connectivity index (χ1n) is 6.62. The number of pyridine rings is 1. The Balaban J connectivity index is 1.67. The fourth-order valence-corrected chi connectivity index (χ4v) is 4.06. The van der Waals surface area contributed by atoms with E-state index in [1.165, 1.54) is 11.3 Å². The number of nitrogens with one attached hydrogen (secondary N) is 1. The van der Waals surface area contributed by atoms with Crippen LogP contribution in [0.1, 0.15) is 0 Å². The number of thiophene rings is 1. The summed E-state index contributed by atoms with van der Waals surface area (Å²) in [7, 11) is -3.43. The highest BCUT2D eigenvalue weighted by molar-refractivity contribution is 7.91. The molecule has 0 saturated carbocycles. The van der Waals surface area contributed by atoms with Gasteiger partial charge in [-0.15, -0.1) is 11.3 Å². The fourth-order valence-electron chi connectivity index (χ4n) is 2.01. The molecule has 3 aromatic rings. The van der Waals surface area contributed by atoms with Gasteiger partial charge < -0.3 is 4.57 Å². The van der Waals surface area contributed by atoms with E-state index in [1.54, 1.807) is 29.9 Å². The zero-order valence-electron chi connectivity index (χ0n) is 11.6. The molecule has 3 rings (SSSR count). The first-order chi connectivity index (χ1) is 10.7. The van der Waals surface area contributed by atoms with Crippen LogP contribution in [0, 0.1) is 0 Å². The van der Waals surface area contributed by atoms with Crippen molar-refractivity contribution >= 4 is 21.4 Å². The molecule has 0 radical (unpaired) electrons. The molecule has 0 aliphatic carbocycles. The first-order valence-corrected chi connectivity index (χ1v) is 8.99. The minimum Gasteiger partial charge on any atom is -0.328 e. The van der Waals surface area contributed by atoms with Crippen molar-refractivity contribution in [3.05, 3.63) is 54.3 Å². The first kappa shape index (κ1) is 14.9. The van der Waals surface area contributed by atoms with Gasteiger partial charge in [0.1, 0.15) is 9.90 Å². The normalized spacial score (nSPS) is 11.6. The third-order valence-electron chi connectivity index (χ3n) is 3.01. The van der Waals surface area contributed by atoms with Crippen molar-refractivity contribution in [2.45, 2.75) is 10.8 Å². The Morgan fingerprint density at radius 3 is 2.77 bits per heavy atom. The van der Waals surface area contributed by atoms with Crippen molar-refractivity contribution in [2.24, 2.45) is 0 Å². The Kier molecular flexibility index (Phi) is 4.32. The van der Waals surface area contributed by atoms with Gasteiger partial charge in [-0.2, -0.15) is 0 Å². The lowest BCUT2D eigenvalue weighted by molar-refractivity contribution is 0.575. The Hall–Kier alpha value is -2.03. The molecular weight excluding hydrogens is 320 g/mol. The van der Waals surface area contributed by atoms with E-state index in [4.69, 9.17) is 0 Å².